The van der Waals surface area contributed by atoms with Gasteiger partial charge in [0.2, 0.25) is 0 Å². The molecular formula is C14H24BrF3N4. The molecule has 0 aromatic heterocycles. The number of nitrogens with one attached hydrogen (secondary N) is 1. The Kier molecular flexibility index (Phi) is 5.34. The summed E-state index contributed by atoms with van der Waals surface area (Å²) in [4.78, 5) is 3.68. The first-order valence-corrected chi connectivity index (χ1v) is 8.28. The summed E-state index contributed by atoms with van der Waals surface area (Å²) < 4.78 is 40.6. The van der Waals surface area contributed by atoms with E-state index in [1.807, 2.05) is 11.8 Å². The molecule has 2 fully saturated rings. The average Bonchev–Trinajstić information content (AvgIpc) is 2.37. The van der Waals surface area contributed by atoms with Gasteiger partial charge in [0.1, 0.15) is 5.41 Å². The largest absolute Gasteiger partial charge is 0.398 e. The number of hydrogen-bond donors (Lipinski definition) is 2. The quantitative estimate of drug-likeness (QED) is 0.728. The van der Waals surface area contributed by atoms with Crippen molar-refractivity contribution in [1.29, 1.82) is 0 Å². The van der Waals surface area contributed by atoms with Crippen LogP contribution in [0.3, 0.4) is 0 Å². The normalized spacial score (nSPS) is 25.5. The second kappa shape index (κ2) is 6.57. The van der Waals surface area contributed by atoms with Gasteiger partial charge in [0, 0.05) is 44.5 Å². The molecule has 22 heavy (non-hydrogen) atoms. The summed E-state index contributed by atoms with van der Waals surface area (Å²) in [6, 6.07) is 0.276. The second-order valence-corrected chi connectivity index (χ2v) is 7.47. The van der Waals surface area contributed by atoms with Crippen molar-refractivity contribution < 1.29 is 13.2 Å². The second-order valence-electron chi connectivity index (χ2n) is 6.62. The predicted molar refractivity (Wildman–Crippen MR) is 84.4 cm³/mol. The fourth-order valence-electron chi connectivity index (χ4n) is 3.39. The molecule has 3 N–H and O–H groups in total. The third kappa shape index (κ3) is 3.89. The number of alkyl halides is 3. The van der Waals surface area contributed by atoms with E-state index < -0.39 is 11.6 Å². The summed E-state index contributed by atoms with van der Waals surface area (Å²) in [7, 11) is 1.74. The van der Waals surface area contributed by atoms with Crippen LogP contribution >= 0.6 is 15.9 Å². The number of rotatable bonds is 4. The monoisotopic (exact) mass is 384 g/mol. The van der Waals surface area contributed by atoms with Crippen LogP contribution in [0.25, 0.3) is 0 Å². The lowest BCUT2D eigenvalue weighted by atomic mass is 9.78. The predicted octanol–water partition coefficient (Wildman–Crippen LogP) is 2.08. The molecule has 2 heterocycles. The Bertz CT molecular complexity index is 420. The maximum absolute atomic E-state index is 13.3. The molecule has 2 aliphatic rings. The summed E-state index contributed by atoms with van der Waals surface area (Å²) in [5, 5.41) is 3.32. The van der Waals surface area contributed by atoms with Gasteiger partial charge in [-0.15, -0.1) is 0 Å². The molecule has 128 valence electrons. The SMILES string of the molecule is C/C(NC1CCN(CC2(C(F)(F)F)CN(C)C2)CC1)=C(/N)Br. The summed E-state index contributed by atoms with van der Waals surface area (Å²) >= 11 is 3.22. The van der Waals surface area contributed by atoms with E-state index in [4.69, 9.17) is 5.73 Å². The van der Waals surface area contributed by atoms with Crippen molar-refractivity contribution >= 4 is 15.9 Å². The number of hydrogen-bond acceptors (Lipinski definition) is 4. The summed E-state index contributed by atoms with van der Waals surface area (Å²) in [5.41, 5.74) is 4.98. The molecule has 0 aromatic rings. The highest BCUT2D eigenvalue weighted by Gasteiger charge is 2.61. The van der Waals surface area contributed by atoms with Crippen LogP contribution in [0.5, 0.6) is 0 Å². The lowest BCUT2D eigenvalue weighted by molar-refractivity contribution is -0.269. The maximum atomic E-state index is 13.3. The van der Waals surface area contributed by atoms with Gasteiger partial charge in [0.05, 0.1) is 4.61 Å². The standard InChI is InChI=1S/C14H24BrF3N4/c1-10(12(15)19)20-11-3-5-22(6-4-11)9-13(14(16,17)18)7-21(2)8-13/h11,20H,3-9,19H2,1-2H3/b12-10-. The third-order valence-electron chi connectivity index (χ3n) is 4.64. The van der Waals surface area contributed by atoms with Gasteiger partial charge in [-0.2, -0.15) is 13.2 Å². The molecule has 8 heteroatoms. The molecule has 2 rings (SSSR count). The number of likely N-dealkylation sites (tertiary alicyclic amines) is 2. The Morgan fingerprint density at radius 1 is 1.32 bits per heavy atom. The minimum Gasteiger partial charge on any atom is -0.392 e. The molecule has 2 aliphatic heterocycles. The van der Waals surface area contributed by atoms with Gasteiger partial charge in [-0.05, 0) is 42.7 Å². The molecule has 4 nitrogen and oxygen atoms in total. The zero-order valence-corrected chi connectivity index (χ0v) is 14.6. The van der Waals surface area contributed by atoms with Crippen molar-refractivity contribution in [3.05, 3.63) is 10.3 Å². The van der Waals surface area contributed by atoms with E-state index in [2.05, 4.69) is 21.2 Å². The molecular weight excluding hydrogens is 361 g/mol. The lowest BCUT2D eigenvalue weighted by Crippen LogP contribution is -2.66. The Labute approximate surface area is 138 Å². The van der Waals surface area contributed by atoms with Gasteiger partial charge in [0.15, 0.2) is 0 Å². The van der Waals surface area contributed by atoms with Gasteiger partial charge in [-0.3, -0.25) is 0 Å². The van der Waals surface area contributed by atoms with Crippen molar-refractivity contribution in [2.75, 3.05) is 39.8 Å². The maximum Gasteiger partial charge on any atom is 0.398 e. The van der Waals surface area contributed by atoms with E-state index in [0.29, 0.717) is 17.7 Å². The molecule has 0 unspecified atom stereocenters. The summed E-state index contributed by atoms with van der Waals surface area (Å²) in [6.45, 7) is 3.60. The first-order valence-electron chi connectivity index (χ1n) is 7.49. The van der Waals surface area contributed by atoms with E-state index in [-0.39, 0.29) is 25.7 Å². The molecule has 0 bridgehead atoms. The zero-order valence-electron chi connectivity index (χ0n) is 13.0. The molecule has 0 aliphatic carbocycles. The molecule has 0 radical (unpaired) electrons. The van der Waals surface area contributed by atoms with Crippen molar-refractivity contribution in [3.63, 3.8) is 0 Å². The third-order valence-corrected chi connectivity index (χ3v) is 5.23. The summed E-state index contributed by atoms with van der Waals surface area (Å²) in [5.74, 6) is 0. The Balaban J connectivity index is 1.86. The van der Waals surface area contributed by atoms with Crippen LogP contribution in [-0.2, 0) is 0 Å². The van der Waals surface area contributed by atoms with Crippen molar-refractivity contribution in [2.45, 2.75) is 32.0 Å². The topological polar surface area (TPSA) is 44.5 Å². The molecule has 0 saturated carbocycles. The minimum atomic E-state index is -4.13. The summed E-state index contributed by atoms with van der Waals surface area (Å²) in [6.07, 6.45) is -2.46. The zero-order chi connectivity index (χ0) is 16.5. The lowest BCUT2D eigenvalue weighted by Gasteiger charge is -2.52. The van der Waals surface area contributed by atoms with Gasteiger partial charge >= 0.3 is 6.18 Å². The van der Waals surface area contributed by atoms with E-state index in [9.17, 15) is 13.2 Å². The number of nitrogens with zero attached hydrogens (tertiary/aromatic N) is 2. The number of nitrogens with two attached hydrogens (primary N) is 1. The van der Waals surface area contributed by atoms with E-state index in [1.54, 1.807) is 11.9 Å². The average molecular weight is 385 g/mol. The molecule has 2 saturated heterocycles. The fraction of sp³-hybridized carbons (Fsp3) is 0.857. The van der Waals surface area contributed by atoms with Crippen molar-refractivity contribution in [2.24, 2.45) is 11.1 Å². The van der Waals surface area contributed by atoms with Crippen molar-refractivity contribution in [3.8, 4) is 0 Å². The molecule has 0 atom stereocenters. The van der Waals surface area contributed by atoms with Gasteiger partial charge in [0.25, 0.3) is 0 Å². The smallest absolute Gasteiger partial charge is 0.392 e. The number of halogens is 4. The first kappa shape index (κ1) is 17.9. The van der Waals surface area contributed by atoms with Crippen LogP contribution in [0.4, 0.5) is 13.2 Å². The van der Waals surface area contributed by atoms with E-state index in [0.717, 1.165) is 18.5 Å². The van der Waals surface area contributed by atoms with Crippen LogP contribution in [0.2, 0.25) is 0 Å². The van der Waals surface area contributed by atoms with Crippen LogP contribution in [0.15, 0.2) is 10.3 Å². The number of allylic oxidation sites excluding steroid dienone is 1. The highest BCUT2D eigenvalue weighted by Crippen LogP contribution is 2.45. The van der Waals surface area contributed by atoms with E-state index >= 15 is 0 Å². The van der Waals surface area contributed by atoms with E-state index in [1.165, 1.54) is 0 Å². The van der Waals surface area contributed by atoms with Gasteiger partial charge < -0.3 is 20.9 Å². The highest BCUT2D eigenvalue weighted by molar-refractivity contribution is 9.11. The first-order chi connectivity index (χ1) is 10.1. The number of piperidine rings is 1. The van der Waals surface area contributed by atoms with Gasteiger partial charge in [-0.25, -0.2) is 0 Å². The Morgan fingerprint density at radius 3 is 2.27 bits per heavy atom. The highest BCUT2D eigenvalue weighted by atomic mass is 79.9. The fourth-order valence-corrected chi connectivity index (χ4v) is 3.51. The molecule has 0 amide bonds. The van der Waals surface area contributed by atoms with Crippen LogP contribution in [0.1, 0.15) is 19.8 Å². The van der Waals surface area contributed by atoms with Gasteiger partial charge in [-0.1, -0.05) is 0 Å². The van der Waals surface area contributed by atoms with Crippen molar-refractivity contribution in [1.82, 2.24) is 15.1 Å². The van der Waals surface area contributed by atoms with Crippen LogP contribution in [0, 0.1) is 5.41 Å². The van der Waals surface area contributed by atoms with Crippen LogP contribution < -0.4 is 11.1 Å². The Morgan fingerprint density at radius 2 is 1.86 bits per heavy atom. The molecule has 0 aromatic carbocycles. The van der Waals surface area contributed by atoms with Crippen LogP contribution in [-0.4, -0.2) is 61.8 Å². The molecule has 0 spiro atoms. The Hall–Kier alpha value is -0.470. The minimum absolute atomic E-state index is 0.108.